The largest absolute Gasteiger partial charge is 0.497 e. The third-order valence-corrected chi connectivity index (χ3v) is 6.20. The second kappa shape index (κ2) is 10.2. The van der Waals surface area contributed by atoms with Gasteiger partial charge in [-0.3, -0.25) is 9.78 Å². The van der Waals surface area contributed by atoms with Gasteiger partial charge in [-0.15, -0.1) is 0 Å². The lowest BCUT2D eigenvalue weighted by molar-refractivity contribution is -0.376. The molecule has 0 aliphatic carbocycles. The normalized spacial score (nSPS) is 16.4. The van der Waals surface area contributed by atoms with Crippen LogP contribution in [0.4, 0.5) is 32.0 Å². The van der Waals surface area contributed by atoms with E-state index >= 15 is 0 Å². The summed E-state index contributed by atoms with van der Waals surface area (Å²) in [6.07, 6.45) is -11.3. The number of amides is 1. The number of aliphatic hydroxyl groups is 1. The Morgan fingerprint density at radius 1 is 0.974 bits per heavy atom. The molecule has 0 fully saturated rings. The number of alkyl halides is 6. The summed E-state index contributed by atoms with van der Waals surface area (Å²) in [7, 11) is 1.47. The van der Waals surface area contributed by atoms with Crippen LogP contribution in [-0.2, 0) is 12.0 Å². The van der Waals surface area contributed by atoms with Crippen molar-refractivity contribution in [1.82, 2.24) is 4.98 Å². The van der Waals surface area contributed by atoms with Crippen molar-refractivity contribution >= 4 is 11.6 Å². The van der Waals surface area contributed by atoms with Crippen LogP contribution in [0.2, 0.25) is 0 Å². The highest BCUT2D eigenvalue weighted by atomic mass is 19.4. The Bertz CT molecular complexity index is 1280. The van der Waals surface area contributed by atoms with Crippen molar-refractivity contribution in [1.29, 1.82) is 0 Å². The number of fused-ring (bicyclic) bond motifs is 1. The number of pyridine rings is 1. The summed E-state index contributed by atoms with van der Waals surface area (Å²) in [5, 5.41) is 9.90. The molecule has 0 radical (unpaired) electrons. The molecule has 1 aliphatic heterocycles. The van der Waals surface area contributed by atoms with Gasteiger partial charge in [0.25, 0.3) is 11.5 Å². The topological polar surface area (TPSA) is 71.9 Å². The Hall–Kier alpha value is -3.80. The van der Waals surface area contributed by atoms with Crippen molar-refractivity contribution in [2.24, 2.45) is 0 Å². The van der Waals surface area contributed by atoms with Gasteiger partial charge in [0.2, 0.25) is 0 Å². The minimum Gasteiger partial charge on any atom is -0.497 e. The average Bonchev–Trinajstić information content (AvgIpc) is 3.06. The molecule has 0 bridgehead atoms. The van der Waals surface area contributed by atoms with E-state index in [0.717, 1.165) is 6.07 Å². The Labute approximate surface area is 213 Å². The van der Waals surface area contributed by atoms with Crippen LogP contribution in [0.3, 0.4) is 0 Å². The lowest BCUT2D eigenvalue weighted by atomic mass is 9.89. The zero-order valence-corrected chi connectivity index (χ0v) is 19.9. The predicted molar refractivity (Wildman–Crippen MR) is 124 cm³/mol. The molecule has 3 aromatic rings. The van der Waals surface area contributed by atoms with Gasteiger partial charge >= 0.3 is 12.4 Å². The molecule has 2 heterocycles. The zero-order chi connectivity index (χ0) is 27.7. The van der Waals surface area contributed by atoms with Crippen LogP contribution in [-0.4, -0.2) is 48.1 Å². The van der Waals surface area contributed by atoms with E-state index in [9.17, 15) is 36.2 Å². The van der Waals surface area contributed by atoms with E-state index in [2.05, 4.69) is 4.98 Å². The molecular formula is C26H22F6N2O4. The Balaban J connectivity index is 1.77. The fourth-order valence-corrected chi connectivity index (χ4v) is 4.25. The number of aryl methyl sites for hydroxylation is 1. The van der Waals surface area contributed by atoms with Crippen molar-refractivity contribution in [2.45, 2.75) is 36.9 Å². The number of benzene rings is 2. The van der Waals surface area contributed by atoms with Crippen LogP contribution < -0.4 is 14.4 Å². The number of hydrogen-bond donors (Lipinski definition) is 1. The number of halogens is 6. The molecule has 2 aromatic carbocycles. The van der Waals surface area contributed by atoms with Crippen molar-refractivity contribution in [3.63, 3.8) is 0 Å². The average molecular weight is 540 g/mol. The van der Waals surface area contributed by atoms with Crippen molar-refractivity contribution in [3.8, 4) is 11.5 Å². The molecule has 0 saturated heterocycles. The number of methoxy groups -OCH3 is 1. The SMILES string of the molecule is COc1cccc(O[C@H]2CCc3cc(C(O)(C(F)(F)F)C(F)(F)F)ccc3N(C(=O)c3ccccn3)C2)c1. The Morgan fingerprint density at radius 3 is 2.32 bits per heavy atom. The van der Waals surface area contributed by atoms with E-state index in [1.807, 2.05) is 0 Å². The third-order valence-electron chi connectivity index (χ3n) is 6.20. The number of hydrogen-bond acceptors (Lipinski definition) is 5. The first-order valence-corrected chi connectivity index (χ1v) is 11.4. The summed E-state index contributed by atoms with van der Waals surface area (Å²) in [5.74, 6) is 0.279. The smallest absolute Gasteiger partial charge is 0.430 e. The van der Waals surface area contributed by atoms with Gasteiger partial charge in [0.05, 0.1) is 13.7 Å². The van der Waals surface area contributed by atoms with Crippen LogP contribution >= 0.6 is 0 Å². The van der Waals surface area contributed by atoms with Gasteiger partial charge in [-0.1, -0.05) is 24.3 Å². The van der Waals surface area contributed by atoms with Crippen LogP contribution in [0.5, 0.6) is 11.5 Å². The van der Waals surface area contributed by atoms with E-state index in [1.54, 1.807) is 36.4 Å². The highest BCUT2D eigenvalue weighted by molar-refractivity contribution is 6.05. The minimum atomic E-state index is -6.04. The highest BCUT2D eigenvalue weighted by Crippen LogP contribution is 2.50. The number of carbonyl (C=O) groups is 1. The molecule has 1 aliphatic rings. The second-order valence-electron chi connectivity index (χ2n) is 8.64. The van der Waals surface area contributed by atoms with Gasteiger partial charge in [-0.25, -0.2) is 0 Å². The Kier molecular flexibility index (Phi) is 7.29. The molecule has 0 unspecified atom stereocenters. The number of aromatic nitrogens is 1. The van der Waals surface area contributed by atoms with Gasteiger partial charge < -0.3 is 19.5 Å². The van der Waals surface area contributed by atoms with E-state index in [1.165, 1.54) is 24.3 Å². The fraction of sp³-hybridized carbons (Fsp3) is 0.308. The molecule has 38 heavy (non-hydrogen) atoms. The van der Waals surface area contributed by atoms with Crippen molar-refractivity contribution in [2.75, 3.05) is 18.6 Å². The summed E-state index contributed by atoms with van der Waals surface area (Å²) in [4.78, 5) is 18.6. The first-order chi connectivity index (χ1) is 17.8. The van der Waals surface area contributed by atoms with Crippen LogP contribution in [0.1, 0.15) is 28.0 Å². The summed E-state index contributed by atoms with van der Waals surface area (Å²) in [6, 6.07) is 13.4. The fourth-order valence-electron chi connectivity index (χ4n) is 4.25. The standard InChI is InChI=1S/C26H22F6N2O4/c1-37-18-5-4-6-19(14-18)38-20-10-8-16-13-17(24(36,25(27,28)29)26(30,31)32)9-11-22(16)34(15-20)23(35)21-7-2-3-12-33-21/h2-7,9,11-14,20,36H,8,10,15H2,1H3/t20-/m0/s1. The van der Waals surface area contributed by atoms with E-state index < -0.39 is 35.5 Å². The molecule has 4 rings (SSSR count). The number of rotatable bonds is 5. The molecule has 1 N–H and O–H groups in total. The first kappa shape index (κ1) is 27.2. The molecule has 1 atom stereocenters. The maximum Gasteiger partial charge on any atom is 0.430 e. The third kappa shape index (κ3) is 5.13. The quantitative estimate of drug-likeness (QED) is 0.437. The van der Waals surface area contributed by atoms with Crippen molar-refractivity contribution < 1.29 is 45.7 Å². The maximum atomic E-state index is 13.5. The van der Waals surface area contributed by atoms with Crippen LogP contribution in [0.15, 0.2) is 66.9 Å². The van der Waals surface area contributed by atoms with Crippen molar-refractivity contribution in [3.05, 3.63) is 83.7 Å². The van der Waals surface area contributed by atoms with Gasteiger partial charge in [-0.2, -0.15) is 26.3 Å². The summed E-state index contributed by atoms with van der Waals surface area (Å²) in [6.45, 7) is -0.0677. The minimum absolute atomic E-state index is 0.00967. The van der Waals surface area contributed by atoms with Gasteiger partial charge in [0.1, 0.15) is 23.3 Å². The molecular weight excluding hydrogens is 518 g/mol. The van der Waals surface area contributed by atoms with Gasteiger partial charge in [-0.05, 0) is 48.7 Å². The summed E-state index contributed by atoms with van der Waals surface area (Å²) in [5.41, 5.74) is -6.36. The first-order valence-electron chi connectivity index (χ1n) is 11.4. The van der Waals surface area contributed by atoms with E-state index in [0.29, 0.717) is 23.6 Å². The lowest BCUT2D eigenvalue weighted by Gasteiger charge is -2.33. The predicted octanol–water partition coefficient (Wildman–Crippen LogP) is 5.44. The molecule has 6 nitrogen and oxygen atoms in total. The van der Waals surface area contributed by atoms with E-state index in [4.69, 9.17) is 9.47 Å². The molecule has 202 valence electrons. The molecule has 1 amide bonds. The zero-order valence-electron chi connectivity index (χ0n) is 19.9. The molecule has 1 aromatic heterocycles. The number of carbonyl (C=O) groups excluding carboxylic acids is 1. The van der Waals surface area contributed by atoms with E-state index in [-0.39, 0.29) is 36.3 Å². The van der Waals surface area contributed by atoms with Gasteiger partial charge in [0.15, 0.2) is 0 Å². The second-order valence-corrected chi connectivity index (χ2v) is 8.64. The number of nitrogens with zero attached hydrogens (tertiary/aromatic N) is 2. The summed E-state index contributed by atoms with van der Waals surface area (Å²) < 4.78 is 92.3. The van der Waals surface area contributed by atoms with Gasteiger partial charge in [0, 0.05) is 23.5 Å². The molecule has 12 heteroatoms. The maximum absolute atomic E-state index is 13.5. The highest BCUT2D eigenvalue weighted by Gasteiger charge is 2.71. The number of anilines is 1. The van der Waals surface area contributed by atoms with Crippen LogP contribution in [0.25, 0.3) is 0 Å². The Morgan fingerprint density at radius 2 is 1.68 bits per heavy atom. The lowest BCUT2D eigenvalue weighted by Crippen LogP contribution is -2.54. The number of ether oxygens (including phenoxy) is 2. The molecule has 0 saturated carbocycles. The molecule has 0 spiro atoms. The monoisotopic (exact) mass is 540 g/mol. The summed E-state index contributed by atoms with van der Waals surface area (Å²) >= 11 is 0. The van der Waals surface area contributed by atoms with Crippen LogP contribution in [0, 0.1) is 0 Å².